The van der Waals surface area contributed by atoms with Crippen molar-refractivity contribution in [2.24, 2.45) is 5.92 Å². The fourth-order valence-corrected chi connectivity index (χ4v) is 5.61. The van der Waals surface area contributed by atoms with Crippen molar-refractivity contribution >= 4 is 33.2 Å². The monoisotopic (exact) mass is 409 g/mol. The number of sulfone groups is 1. The number of para-hydroxylation sites is 1. The quantitative estimate of drug-likeness (QED) is 0.701. The Morgan fingerprint density at radius 1 is 1.37 bits per heavy atom. The molecule has 0 radical (unpaired) electrons. The van der Waals surface area contributed by atoms with Crippen molar-refractivity contribution in [2.75, 3.05) is 22.6 Å². The van der Waals surface area contributed by atoms with Gasteiger partial charge in [-0.3, -0.25) is 4.79 Å². The van der Waals surface area contributed by atoms with E-state index in [1.54, 1.807) is 0 Å². The fourth-order valence-electron chi connectivity index (χ4n) is 3.16. The molecule has 0 unspecified atom stereocenters. The first-order valence-electron chi connectivity index (χ1n) is 8.90. The number of benzene rings is 1. The summed E-state index contributed by atoms with van der Waals surface area (Å²) in [5.74, 6) is 0.891. The summed E-state index contributed by atoms with van der Waals surface area (Å²) < 4.78 is 28.6. The molecule has 146 valence electrons. The largest absolute Gasteiger partial charge is 0.416 e. The van der Waals surface area contributed by atoms with Crippen LogP contribution in [-0.2, 0) is 27.5 Å². The summed E-state index contributed by atoms with van der Waals surface area (Å²) in [4.78, 5) is 12.3. The number of carbonyl (C=O) groups is 1. The standard InChI is InChI=1S/C18H23N3O4S2/c1-3-14-6-4-5-12(2)17(14)19-15(22)10-26-18-21-20-16(25-18)9-13-7-8-27(23,24)11-13/h4-6,13H,3,7-11H2,1-2H3,(H,19,22)/t13-/m0/s1. The minimum absolute atomic E-state index is 0.0325. The lowest BCUT2D eigenvalue weighted by Crippen LogP contribution is -2.16. The molecule has 0 saturated carbocycles. The Morgan fingerprint density at radius 2 is 2.19 bits per heavy atom. The van der Waals surface area contributed by atoms with Crippen molar-refractivity contribution < 1.29 is 17.6 Å². The third kappa shape index (κ3) is 5.32. The minimum atomic E-state index is -2.92. The number of nitrogens with one attached hydrogen (secondary N) is 1. The lowest BCUT2D eigenvalue weighted by molar-refractivity contribution is -0.113. The van der Waals surface area contributed by atoms with E-state index in [0.29, 0.717) is 24.0 Å². The predicted molar refractivity (Wildman–Crippen MR) is 105 cm³/mol. The van der Waals surface area contributed by atoms with Gasteiger partial charge >= 0.3 is 0 Å². The molecule has 1 saturated heterocycles. The van der Waals surface area contributed by atoms with Gasteiger partial charge in [0.05, 0.1) is 17.3 Å². The van der Waals surface area contributed by atoms with E-state index in [9.17, 15) is 13.2 Å². The van der Waals surface area contributed by atoms with E-state index in [1.165, 1.54) is 11.8 Å². The van der Waals surface area contributed by atoms with Gasteiger partial charge in [0.2, 0.25) is 11.8 Å². The van der Waals surface area contributed by atoms with Gasteiger partial charge in [-0.1, -0.05) is 36.9 Å². The van der Waals surface area contributed by atoms with Crippen LogP contribution in [0.1, 0.15) is 30.4 Å². The molecule has 1 aromatic carbocycles. The second-order valence-electron chi connectivity index (χ2n) is 6.73. The molecule has 1 fully saturated rings. The zero-order chi connectivity index (χ0) is 19.4. The maximum atomic E-state index is 12.3. The summed E-state index contributed by atoms with van der Waals surface area (Å²) in [5.41, 5.74) is 2.98. The summed E-state index contributed by atoms with van der Waals surface area (Å²) in [7, 11) is -2.92. The first kappa shape index (κ1) is 19.9. The molecule has 0 bridgehead atoms. The molecule has 1 aliphatic rings. The lowest BCUT2D eigenvalue weighted by Gasteiger charge is -2.12. The molecule has 2 aromatic rings. The minimum Gasteiger partial charge on any atom is -0.416 e. The topological polar surface area (TPSA) is 102 Å². The molecule has 3 rings (SSSR count). The van der Waals surface area contributed by atoms with E-state index in [2.05, 4.69) is 22.4 Å². The van der Waals surface area contributed by atoms with Crippen molar-refractivity contribution in [1.29, 1.82) is 0 Å². The van der Waals surface area contributed by atoms with Crippen LogP contribution in [0.3, 0.4) is 0 Å². The Morgan fingerprint density at radius 3 is 2.89 bits per heavy atom. The van der Waals surface area contributed by atoms with Crippen LogP contribution >= 0.6 is 11.8 Å². The Bertz CT molecular complexity index is 924. The summed E-state index contributed by atoms with van der Waals surface area (Å²) in [6.45, 7) is 4.02. The van der Waals surface area contributed by atoms with E-state index in [1.807, 2.05) is 25.1 Å². The van der Waals surface area contributed by atoms with Crippen molar-refractivity contribution in [3.63, 3.8) is 0 Å². The second kappa shape index (κ2) is 8.43. The van der Waals surface area contributed by atoms with Crippen LogP contribution in [0.15, 0.2) is 27.8 Å². The molecule has 27 heavy (non-hydrogen) atoms. The number of anilines is 1. The summed E-state index contributed by atoms with van der Waals surface area (Å²) in [6.07, 6.45) is 1.93. The number of nitrogens with zero attached hydrogens (tertiary/aromatic N) is 2. The molecule has 1 aliphatic heterocycles. The van der Waals surface area contributed by atoms with Gasteiger partial charge in [-0.25, -0.2) is 8.42 Å². The van der Waals surface area contributed by atoms with Crippen molar-refractivity contribution in [2.45, 2.75) is 38.3 Å². The highest BCUT2D eigenvalue weighted by Gasteiger charge is 2.29. The first-order valence-corrected chi connectivity index (χ1v) is 11.7. The molecule has 1 atom stereocenters. The van der Waals surface area contributed by atoms with Crippen molar-refractivity contribution in [3.8, 4) is 0 Å². The predicted octanol–water partition coefficient (Wildman–Crippen LogP) is 2.65. The Balaban J connectivity index is 1.52. The lowest BCUT2D eigenvalue weighted by atomic mass is 10.1. The third-order valence-corrected chi connectivity index (χ3v) is 7.22. The summed E-state index contributed by atoms with van der Waals surface area (Å²) in [6, 6.07) is 5.95. The summed E-state index contributed by atoms with van der Waals surface area (Å²) in [5, 5.41) is 11.2. The maximum absolute atomic E-state index is 12.3. The number of hydrogen-bond acceptors (Lipinski definition) is 7. The smallest absolute Gasteiger partial charge is 0.277 e. The van der Waals surface area contributed by atoms with Crippen LogP contribution < -0.4 is 5.32 Å². The third-order valence-electron chi connectivity index (χ3n) is 4.57. The van der Waals surface area contributed by atoms with E-state index < -0.39 is 9.84 Å². The second-order valence-corrected chi connectivity index (χ2v) is 9.89. The van der Waals surface area contributed by atoms with Gasteiger partial charge in [-0.2, -0.15) is 0 Å². The number of amides is 1. The molecule has 1 N–H and O–H groups in total. The number of hydrogen-bond donors (Lipinski definition) is 1. The number of thioether (sulfide) groups is 1. The Kier molecular flexibility index (Phi) is 6.21. The van der Waals surface area contributed by atoms with Crippen LogP contribution in [0, 0.1) is 12.8 Å². The zero-order valence-corrected chi connectivity index (χ0v) is 17.0. The average Bonchev–Trinajstić information content (AvgIpc) is 3.21. The van der Waals surface area contributed by atoms with Gasteiger partial charge < -0.3 is 9.73 Å². The van der Waals surface area contributed by atoms with Crippen LogP contribution in [0.25, 0.3) is 0 Å². The highest BCUT2D eigenvalue weighted by atomic mass is 32.2. The van der Waals surface area contributed by atoms with Gasteiger partial charge in [0, 0.05) is 12.1 Å². The molecule has 0 spiro atoms. The first-order chi connectivity index (χ1) is 12.9. The van der Waals surface area contributed by atoms with E-state index in [-0.39, 0.29) is 29.1 Å². The number of carbonyl (C=O) groups excluding carboxylic acids is 1. The number of rotatable bonds is 7. The van der Waals surface area contributed by atoms with Gasteiger partial charge in [0.1, 0.15) is 0 Å². The van der Waals surface area contributed by atoms with Gasteiger partial charge in [-0.15, -0.1) is 10.2 Å². The molecule has 2 heterocycles. The van der Waals surface area contributed by atoms with Crippen LogP contribution in [0.2, 0.25) is 0 Å². The normalized spacial score (nSPS) is 18.5. The molecular formula is C18H23N3O4S2. The Hall–Kier alpha value is -1.87. The van der Waals surface area contributed by atoms with E-state index in [0.717, 1.165) is 23.2 Å². The number of aromatic nitrogens is 2. The maximum Gasteiger partial charge on any atom is 0.277 e. The van der Waals surface area contributed by atoms with Crippen LogP contribution in [0.4, 0.5) is 5.69 Å². The SMILES string of the molecule is CCc1cccc(C)c1NC(=O)CSc1nnc(C[C@@H]2CCS(=O)(=O)C2)o1. The zero-order valence-electron chi connectivity index (χ0n) is 15.4. The van der Waals surface area contributed by atoms with Crippen LogP contribution in [-0.4, -0.2) is 41.8 Å². The number of aryl methyl sites for hydroxylation is 2. The van der Waals surface area contributed by atoms with Gasteiger partial charge in [-0.05, 0) is 36.8 Å². The highest BCUT2D eigenvalue weighted by Crippen LogP contribution is 2.25. The Labute approximate surface area is 163 Å². The molecule has 1 amide bonds. The van der Waals surface area contributed by atoms with Crippen molar-refractivity contribution in [1.82, 2.24) is 10.2 Å². The average molecular weight is 410 g/mol. The van der Waals surface area contributed by atoms with E-state index >= 15 is 0 Å². The fraction of sp³-hybridized carbons (Fsp3) is 0.500. The molecule has 0 aliphatic carbocycles. The highest BCUT2D eigenvalue weighted by molar-refractivity contribution is 7.99. The molecule has 1 aromatic heterocycles. The van der Waals surface area contributed by atoms with Gasteiger partial charge in [0.25, 0.3) is 5.22 Å². The molecule has 7 nitrogen and oxygen atoms in total. The van der Waals surface area contributed by atoms with Crippen LogP contribution in [0.5, 0.6) is 0 Å². The molecule has 9 heteroatoms. The summed E-state index contributed by atoms with van der Waals surface area (Å²) >= 11 is 1.18. The van der Waals surface area contributed by atoms with E-state index in [4.69, 9.17) is 4.42 Å². The van der Waals surface area contributed by atoms with Gasteiger partial charge in [0.15, 0.2) is 9.84 Å². The van der Waals surface area contributed by atoms with Crippen molar-refractivity contribution in [3.05, 3.63) is 35.2 Å². The molecular weight excluding hydrogens is 386 g/mol.